The van der Waals surface area contributed by atoms with Crippen LogP contribution in [0.1, 0.15) is 18.1 Å². The lowest BCUT2D eigenvalue weighted by Crippen LogP contribution is -2.46. The molecule has 0 radical (unpaired) electrons. The summed E-state index contributed by atoms with van der Waals surface area (Å²) < 4.78 is 19.2. The fourth-order valence-corrected chi connectivity index (χ4v) is 3.43. The number of halogens is 1. The summed E-state index contributed by atoms with van der Waals surface area (Å²) in [6.45, 7) is 4.04. The Bertz CT molecular complexity index is 691. The highest BCUT2D eigenvalue weighted by Crippen LogP contribution is 2.48. The maximum Gasteiger partial charge on any atom is 0.127 e. The molecular formula is C18H18FNO2. The maximum absolute atomic E-state index is 13.5. The van der Waals surface area contributed by atoms with Crippen molar-refractivity contribution in [3.63, 3.8) is 0 Å². The van der Waals surface area contributed by atoms with E-state index in [1.165, 1.54) is 17.7 Å². The highest BCUT2D eigenvalue weighted by atomic mass is 19.1. The summed E-state index contributed by atoms with van der Waals surface area (Å²) in [5.41, 5.74) is 1.90. The van der Waals surface area contributed by atoms with E-state index in [1.54, 1.807) is 0 Å². The van der Waals surface area contributed by atoms with Gasteiger partial charge in [-0.3, -0.25) is 4.84 Å². The van der Waals surface area contributed by atoms with Crippen molar-refractivity contribution in [3.05, 3.63) is 65.5 Å². The molecule has 114 valence electrons. The van der Waals surface area contributed by atoms with Crippen LogP contribution in [0.3, 0.4) is 0 Å². The third-order valence-electron chi connectivity index (χ3n) is 4.84. The van der Waals surface area contributed by atoms with Gasteiger partial charge in [0.05, 0.1) is 25.3 Å². The normalized spacial score (nSPS) is 27.1. The Balaban J connectivity index is 1.72. The first-order valence-electron chi connectivity index (χ1n) is 7.55. The molecule has 2 aliphatic rings. The molecule has 4 rings (SSSR count). The quantitative estimate of drug-likeness (QED) is 0.847. The van der Waals surface area contributed by atoms with E-state index < -0.39 is 0 Å². The van der Waals surface area contributed by atoms with Crippen molar-refractivity contribution in [3.8, 4) is 5.75 Å². The number of fused-ring (bicyclic) bond motifs is 3. The van der Waals surface area contributed by atoms with Crippen LogP contribution in [-0.4, -0.2) is 18.3 Å². The standard InChI is InChI=1S/C18H18FNO2/c1-18-14(11-21-17-9-15(19)7-8-16(17)18)12-22-20(18)10-13-5-3-2-4-6-13/h2-9,14H,10-12H2,1H3/t14-,18+/m1/s1. The topological polar surface area (TPSA) is 21.7 Å². The number of rotatable bonds is 2. The van der Waals surface area contributed by atoms with Crippen molar-refractivity contribution in [1.29, 1.82) is 0 Å². The van der Waals surface area contributed by atoms with Gasteiger partial charge in [0, 0.05) is 17.5 Å². The molecule has 0 N–H and O–H groups in total. The number of nitrogens with zero attached hydrogens (tertiary/aromatic N) is 1. The Labute approximate surface area is 129 Å². The SMILES string of the molecule is C[C@@]12c3ccc(F)cc3OC[C@@H]1CON2Cc1ccccc1. The molecule has 0 aromatic heterocycles. The van der Waals surface area contributed by atoms with Crippen LogP contribution in [0.25, 0.3) is 0 Å². The predicted octanol–water partition coefficient (Wildman–Crippen LogP) is 3.50. The average Bonchev–Trinajstić information content (AvgIpc) is 2.85. The molecule has 0 aliphatic carbocycles. The molecule has 3 nitrogen and oxygen atoms in total. The van der Waals surface area contributed by atoms with Gasteiger partial charge >= 0.3 is 0 Å². The molecule has 2 aromatic carbocycles. The first-order valence-corrected chi connectivity index (χ1v) is 7.55. The fraction of sp³-hybridized carbons (Fsp3) is 0.333. The van der Waals surface area contributed by atoms with Crippen LogP contribution in [0.5, 0.6) is 5.75 Å². The number of ether oxygens (including phenoxy) is 1. The molecule has 0 saturated carbocycles. The minimum Gasteiger partial charge on any atom is -0.493 e. The Morgan fingerprint density at radius 2 is 2.00 bits per heavy atom. The fourth-order valence-electron chi connectivity index (χ4n) is 3.43. The van der Waals surface area contributed by atoms with Crippen molar-refractivity contribution >= 4 is 0 Å². The van der Waals surface area contributed by atoms with Gasteiger partial charge < -0.3 is 4.74 Å². The molecule has 22 heavy (non-hydrogen) atoms. The van der Waals surface area contributed by atoms with Crippen LogP contribution < -0.4 is 4.74 Å². The van der Waals surface area contributed by atoms with Gasteiger partial charge in [-0.1, -0.05) is 36.4 Å². The lowest BCUT2D eigenvalue weighted by atomic mass is 9.78. The number of benzene rings is 2. The first-order chi connectivity index (χ1) is 10.7. The van der Waals surface area contributed by atoms with E-state index in [2.05, 4.69) is 19.1 Å². The zero-order valence-corrected chi connectivity index (χ0v) is 12.5. The summed E-state index contributed by atoms with van der Waals surface area (Å²) >= 11 is 0. The summed E-state index contributed by atoms with van der Waals surface area (Å²) in [6, 6.07) is 15.0. The first kappa shape index (κ1) is 13.7. The van der Waals surface area contributed by atoms with E-state index in [4.69, 9.17) is 9.57 Å². The van der Waals surface area contributed by atoms with Gasteiger partial charge in [-0.25, -0.2) is 4.39 Å². The predicted molar refractivity (Wildman–Crippen MR) is 80.7 cm³/mol. The van der Waals surface area contributed by atoms with E-state index in [9.17, 15) is 4.39 Å². The lowest BCUT2D eigenvalue weighted by Gasteiger charge is -2.41. The summed E-state index contributed by atoms with van der Waals surface area (Å²) in [7, 11) is 0. The summed E-state index contributed by atoms with van der Waals surface area (Å²) in [5.74, 6) is 0.603. The van der Waals surface area contributed by atoms with E-state index in [0.717, 1.165) is 5.56 Å². The molecule has 0 bridgehead atoms. The molecule has 2 atom stereocenters. The second-order valence-corrected chi connectivity index (χ2v) is 6.11. The molecular weight excluding hydrogens is 281 g/mol. The smallest absolute Gasteiger partial charge is 0.127 e. The van der Waals surface area contributed by atoms with Crippen LogP contribution in [0, 0.1) is 11.7 Å². The van der Waals surface area contributed by atoms with Crippen molar-refractivity contribution in [1.82, 2.24) is 5.06 Å². The molecule has 0 amide bonds. The molecule has 0 spiro atoms. The largest absolute Gasteiger partial charge is 0.493 e. The Morgan fingerprint density at radius 3 is 2.82 bits per heavy atom. The maximum atomic E-state index is 13.5. The minimum atomic E-state index is -0.295. The summed E-state index contributed by atoms with van der Waals surface area (Å²) in [6.07, 6.45) is 0. The highest BCUT2D eigenvalue weighted by Gasteiger charge is 2.51. The van der Waals surface area contributed by atoms with Crippen LogP contribution in [0.4, 0.5) is 4.39 Å². The third kappa shape index (κ3) is 2.02. The molecule has 0 unspecified atom stereocenters. The second-order valence-electron chi connectivity index (χ2n) is 6.11. The highest BCUT2D eigenvalue weighted by molar-refractivity contribution is 5.42. The third-order valence-corrected chi connectivity index (χ3v) is 4.84. The van der Waals surface area contributed by atoms with Gasteiger partial charge in [-0.2, -0.15) is 5.06 Å². The van der Waals surface area contributed by atoms with E-state index in [-0.39, 0.29) is 17.3 Å². The van der Waals surface area contributed by atoms with Crippen molar-refractivity contribution < 1.29 is 14.0 Å². The molecule has 1 saturated heterocycles. The van der Waals surface area contributed by atoms with Gasteiger partial charge in [0.15, 0.2) is 0 Å². The Kier molecular flexibility index (Phi) is 3.17. The monoisotopic (exact) mass is 299 g/mol. The van der Waals surface area contributed by atoms with Crippen LogP contribution in [0.15, 0.2) is 48.5 Å². The molecule has 2 heterocycles. The summed E-state index contributed by atoms with van der Waals surface area (Å²) in [5, 5.41) is 2.02. The van der Waals surface area contributed by atoms with Crippen LogP contribution in [-0.2, 0) is 16.9 Å². The van der Waals surface area contributed by atoms with Gasteiger partial charge in [0.1, 0.15) is 11.6 Å². The number of hydroxylamine groups is 2. The molecule has 4 heteroatoms. The van der Waals surface area contributed by atoms with Crippen molar-refractivity contribution in [2.24, 2.45) is 5.92 Å². The zero-order chi connectivity index (χ0) is 15.2. The molecule has 2 aromatic rings. The van der Waals surface area contributed by atoms with E-state index in [0.29, 0.717) is 25.5 Å². The van der Waals surface area contributed by atoms with Gasteiger partial charge in [0.25, 0.3) is 0 Å². The van der Waals surface area contributed by atoms with Gasteiger partial charge in [0.2, 0.25) is 0 Å². The lowest BCUT2D eigenvalue weighted by molar-refractivity contribution is -0.173. The average molecular weight is 299 g/mol. The van der Waals surface area contributed by atoms with E-state index >= 15 is 0 Å². The number of hydrogen-bond acceptors (Lipinski definition) is 3. The minimum absolute atomic E-state index is 0.245. The molecule has 2 aliphatic heterocycles. The van der Waals surface area contributed by atoms with Crippen LogP contribution >= 0.6 is 0 Å². The number of hydrogen-bond donors (Lipinski definition) is 0. The van der Waals surface area contributed by atoms with Crippen LogP contribution in [0.2, 0.25) is 0 Å². The van der Waals surface area contributed by atoms with Gasteiger partial charge in [-0.15, -0.1) is 0 Å². The van der Waals surface area contributed by atoms with Crippen molar-refractivity contribution in [2.45, 2.75) is 19.0 Å². The van der Waals surface area contributed by atoms with Gasteiger partial charge in [-0.05, 0) is 18.6 Å². The summed E-state index contributed by atoms with van der Waals surface area (Å²) in [4.78, 5) is 5.95. The second kappa shape index (κ2) is 5.07. The Morgan fingerprint density at radius 1 is 1.18 bits per heavy atom. The molecule has 1 fully saturated rings. The zero-order valence-electron chi connectivity index (χ0n) is 12.5. The Hall–Kier alpha value is -1.91. The van der Waals surface area contributed by atoms with E-state index in [1.807, 2.05) is 29.3 Å². The van der Waals surface area contributed by atoms with Crippen molar-refractivity contribution in [2.75, 3.05) is 13.2 Å².